The monoisotopic (exact) mass is 290 g/mol. The first-order valence-electron chi connectivity index (χ1n) is 3.98. The molecule has 12 heavy (non-hydrogen) atoms. The maximum absolute atomic E-state index is 8.80. The van der Waals surface area contributed by atoms with Gasteiger partial charge in [-0.25, -0.2) is 0 Å². The molecule has 0 aromatic heterocycles. The van der Waals surface area contributed by atoms with Crippen molar-refractivity contribution in [1.82, 2.24) is 0 Å². The van der Waals surface area contributed by atoms with E-state index in [4.69, 9.17) is 15.3 Å². The summed E-state index contributed by atoms with van der Waals surface area (Å²) in [5.41, 5.74) is 0. The number of quaternary nitrogens is 1. The van der Waals surface area contributed by atoms with Crippen LogP contribution < -0.4 is 0 Å². The molecule has 0 heterocycles. The molecule has 0 aliphatic heterocycles. The Labute approximate surface area is 86.5 Å². The van der Waals surface area contributed by atoms with Crippen LogP contribution >= 0.6 is 22.6 Å². The third kappa shape index (κ3) is 3.99. The van der Waals surface area contributed by atoms with Gasteiger partial charge >= 0.3 is 0 Å². The van der Waals surface area contributed by atoms with Crippen LogP contribution in [0, 0.1) is 0 Å². The van der Waals surface area contributed by atoms with E-state index in [1.54, 1.807) is 0 Å². The number of rotatable bonds is 7. The number of hydrogen-bond donors (Lipinski definition) is 3. The average Bonchev–Trinajstić information content (AvgIpc) is 2.06. The molecule has 0 fully saturated rings. The zero-order valence-electron chi connectivity index (χ0n) is 7.12. The molecule has 74 valence electrons. The van der Waals surface area contributed by atoms with Crippen LogP contribution in [0.2, 0.25) is 0 Å². The lowest BCUT2D eigenvalue weighted by atomic mass is 10.4. The van der Waals surface area contributed by atoms with Gasteiger partial charge in [0.2, 0.25) is 0 Å². The van der Waals surface area contributed by atoms with E-state index < -0.39 is 0 Å². The number of aliphatic hydroxyl groups excluding tert-OH is 3. The van der Waals surface area contributed by atoms with Gasteiger partial charge in [0.15, 0.2) is 0 Å². The van der Waals surface area contributed by atoms with Crippen molar-refractivity contribution in [2.45, 2.75) is 0 Å². The average molecular weight is 290 g/mol. The molecule has 4 nitrogen and oxygen atoms in total. The lowest BCUT2D eigenvalue weighted by Crippen LogP contribution is -2.52. The molecule has 0 aromatic carbocycles. The molecule has 0 aliphatic carbocycles. The molecule has 0 saturated carbocycles. The van der Waals surface area contributed by atoms with Gasteiger partial charge in [-0.2, -0.15) is 0 Å². The van der Waals surface area contributed by atoms with E-state index >= 15 is 0 Å². The summed E-state index contributed by atoms with van der Waals surface area (Å²) >= 11 is 2.21. The molecule has 0 aromatic rings. The highest BCUT2D eigenvalue weighted by molar-refractivity contribution is 14.1. The molecule has 0 saturated heterocycles. The first-order valence-corrected chi connectivity index (χ1v) is 5.51. The van der Waals surface area contributed by atoms with Crippen molar-refractivity contribution in [3.8, 4) is 0 Å². The number of hydrogen-bond acceptors (Lipinski definition) is 3. The fourth-order valence-corrected chi connectivity index (χ4v) is 2.17. The molecule has 0 bridgehead atoms. The van der Waals surface area contributed by atoms with Gasteiger partial charge in [0.05, 0.1) is 19.8 Å². The second-order valence-corrected chi connectivity index (χ2v) is 3.49. The van der Waals surface area contributed by atoms with Crippen LogP contribution in [0.4, 0.5) is 0 Å². The highest BCUT2D eigenvalue weighted by Crippen LogP contribution is 2.08. The number of halogens is 1. The Bertz CT molecular complexity index is 95.8. The topological polar surface area (TPSA) is 60.7 Å². The van der Waals surface area contributed by atoms with E-state index in [2.05, 4.69) is 22.6 Å². The van der Waals surface area contributed by atoms with Crippen LogP contribution in [0.25, 0.3) is 0 Å². The SMILES string of the molecule is OCC[N+](CI)(CCO)CCO. The Kier molecular flexibility index (Phi) is 7.35. The van der Waals surface area contributed by atoms with Crippen molar-refractivity contribution in [3.63, 3.8) is 0 Å². The molecule has 5 heteroatoms. The van der Waals surface area contributed by atoms with Crippen molar-refractivity contribution in [2.24, 2.45) is 0 Å². The largest absolute Gasteiger partial charge is 0.391 e. The lowest BCUT2D eigenvalue weighted by molar-refractivity contribution is -0.914. The minimum Gasteiger partial charge on any atom is -0.391 e. The van der Waals surface area contributed by atoms with Crippen LogP contribution in [-0.4, -0.2) is 63.8 Å². The maximum atomic E-state index is 8.80. The van der Waals surface area contributed by atoms with Crippen molar-refractivity contribution in [3.05, 3.63) is 0 Å². The molecule has 0 unspecified atom stereocenters. The summed E-state index contributed by atoms with van der Waals surface area (Å²) in [6, 6.07) is 0. The van der Waals surface area contributed by atoms with Gasteiger partial charge in [0.1, 0.15) is 24.2 Å². The van der Waals surface area contributed by atoms with Crippen molar-refractivity contribution >= 4 is 22.6 Å². The summed E-state index contributed by atoms with van der Waals surface area (Å²) in [6.45, 7) is 2.10. The molecular weight excluding hydrogens is 273 g/mol. The van der Waals surface area contributed by atoms with Gasteiger partial charge in [0, 0.05) is 0 Å². The molecule has 0 amide bonds. The van der Waals surface area contributed by atoms with E-state index in [0.29, 0.717) is 24.1 Å². The van der Waals surface area contributed by atoms with Crippen LogP contribution in [0.3, 0.4) is 0 Å². The van der Waals surface area contributed by atoms with Crippen LogP contribution in [-0.2, 0) is 0 Å². The van der Waals surface area contributed by atoms with E-state index in [1.807, 2.05) is 0 Å². The summed E-state index contributed by atoms with van der Waals surface area (Å²) in [6.07, 6.45) is 0. The second kappa shape index (κ2) is 7.02. The van der Waals surface area contributed by atoms with E-state index in [1.165, 1.54) is 0 Å². The Hall–Kier alpha value is 0.570. The molecule has 0 aliphatic rings. The van der Waals surface area contributed by atoms with Gasteiger partial charge in [-0.15, -0.1) is 0 Å². The third-order valence-electron chi connectivity index (χ3n) is 1.98. The first kappa shape index (κ1) is 12.6. The summed E-state index contributed by atoms with van der Waals surface area (Å²) in [5, 5.41) is 26.4. The Morgan fingerprint density at radius 1 is 0.833 bits per heavy atom. The minimum atomic E-state index is 0.100. The molecule has 3 N–H and O–H groups in total. The van der Waals surface area contributed by atoms with Crippen LogP contribution in [0.15, 0.2) is 0 Å². The fourth-order valence-electron chi connectivity index (χ4n) is 1.15. The van der Waals surface area contributed by atoms with Crippen molar-refractivity contribution < 1.29 is 19.8 Å². The summed E-state index contributed by atoms with van der Waals surface area (Å²) in [4.78, 5) is 0. The number of alkyl halides is 1. The fraction of sp³-hybridized carbons (Fsp3) is 1.00. The smallest absolute Gasteiger partial charge is 0.130 e. The maximum Gasteiger partial charge on any atom is 0.130 e. The van der Waals surface area contributed by atoms with Gasteiger partial charge in [-0.3, -0.25) is 0 Å². The summed E-state index contributed by atoms with van der Waals surface area (Å²) in [7, 11) is 0. The van der Waals surface area contributed by atoms with Gasteiger partial charge < -0.3 is 19.8 Å². The minimum absolute atomic E-state index is 0.100. The predicted molar refractivity (Wildman–Crippen MR) is 55.0 cm³/mol. The Morgan fingerprint density at radius 2 is 1.17 bits per heavy atom. The highest BCUT2D eigenvalue weighted by Gasteiger charge is 2.23. The Morgan fingerprint density at radius 3 is 1.33 bits per heavy atom. The predicted octanol–water partition coefficient (Wildman–Crippen LogP) is -0.827. The zero-order chi connectivity index (χ0) is 9.45. The quantitative estimate of drug-likeness (QED) is 0.248. The first-order chi connectivity index (χ1) is 5.74. The van der Waals surface area contributed by atoms with Gasteiger partial charge in [-0.1, -0.05) is 0 Å². The van der Waals surface area contributed by atoms with Crippen LogP contribution in [0.1, 0.15) is 0 Å². The van der Waals surface area contributed by atoms with E-state index in [9.17, 15) is 0 Å². The summed E-state index contributed by atoms with van der Waals surface area (Å²) < 4.78 is 1.39. The van der Waals surface area contributed by atoms with Crippen molar-refractivity contribution in [1.29, 1.82) is 0 Å². The third-order valence-corrected chi connectivity index (χ3v) is 3.42. The molecule has 0 atom stereocenters. The zero-order valence-corrected chi connectivity index (χ0v) is 9.27. The number of nitrogens with zero attached hydrogens (tertiary/aromatic N) is 1. The molecule has 0 rings (SSSR count). The van der Waals surface area contributed by atoms with Gasteiger partial charge in [-0.05, 0) is 22.6 Å². The summed E-state index contributed by atoms with van der Waals surface area (Å²) in [5.74, 6) is 0. The van der Waals surface area contributed by atoms with E-state index in [0.717, 1.165) is 4.55 Å². The Balaban J connectivity index is 4.06. The van der Waals surface area contributed by atoms with E-state index in [-0.39, 0.29) is 19.8 Å². The van der Waals surface area contributed by atoms with Gasteiger partial charge in [0.25, 0.3) is 0 Å². The number of aliphatic hydroxyl groups is 3. The van der Waals surface area contributed by atoms with Crippen LogP contribution in [0.5, 0.6) is 0 Å². The molecule has 0 radical (unpaired) electrons. The highest BCUT2D eigenvalue weighted by atomic mass is 127. The standard InChI is InChI=1S/C7H17INO3/c8-7-9(1-4-10,2-5-11)3-6-12/h10-12H,1-7H2/q+1. The lowest BCUT2D eigenvalue weighted by Gasteiger charge is -2.35. The van der Waals surface area contributed by atoms with Crippen molar-refractivity contribution in [2.75, 3.05) is 44.0 Å². The second-order valence-electron chi connectivity index (χ2n) is 2.80. The normalized spacial score (nSPS) is 12.0. The molecule has 0 spiro atoms. The molecular formula is C7H17INO3+.